The van der Waals surface area contributed by atoms with Crippen molar-refractivity contribution in [2.24, 2.45) is 0 Å². The van der Waals surface area contributed by atoms with Crippen LogP contribution in [0.3, 0.4) is 0 Å². The fourth-order valence-corrected chi connectivity index (χ4v) is 3.32. The highest BCUT2D eigenvalue weighted by atomic mass is 19.4. The first-order valence-electron chi connectivity index (χ1n) is 9.92. The molecule has 1 N–H and O–H groups in total. The molecule has 3 aromatic heterocycles. The maximum atomic E-state index is 13.4. The highest BCUT2D eigenvalue weighted by molar-refractivity contribution is 6.04. The normalized spacial score (nSPS) is 12.1. The van der Waals surface area contributed by atoms with E-state index in [1.165, 1.54) is 12.4 Å². The van der Waals surface area contributed by atoms with Gasteiger partial charge in [-0.05, 0) is 36.8 Å². The molecular formula is C22H15F6N5O2. The Bertz CT molecular complexity index is 1360. The molecule has 1 amide bonds. The van der Waals surface area contributed by atoms with E-state index >= 15 is 0 Å². The second-order valence-electron chi connectivity index (χ2n) is 7.45. The Kier molecular flexibility index (Phi) is 6.09. The number of rotatable bonds is 5. The molecule has 0 unspecified atom stereocenters. The van der Waals surface area contributed by atoms with E-state index < -0.39 is 41.5 Å². The molecule has 182 valence electrons. The molecule has 3 heterocycles. The van der Waals surface area contributed by atoms with Crippen LogP contribution < -0.4 is 5.32 Å². The van der Waals surface area contributed by atoms with Crippen LogP contribution in [-0.4, -0.2) is 25.8 Å². The van der Waals surface area contributed by atoms with Gasteiger partial charge < -0.3 is 9.84 Å². The summed E-state index contributed by atoms with van der Waals surface area (Å²) in [5.41, 5.74) is -2.24. The first-order valence-corrected chi connectivity index (χ1v) is 9.92. The highest BCUT2D eigenvalue weighted by Gasteiger charge is 2.38. The van der Waals surface area contributed by atoms with Gasteiger partial charge in [0.25, 0.3) is 5.91 Å². The summed E-state index contributed by atoms with van der Waals surface area (Å²) >= 11 is 0. The number of anilines is 1. The smallest absolute Gasteiger partial charge is 0.354 e. The summed E-state index contributed by atoms with van der Waals surface area (Å²) in [6, 6.07) is 6.51. The summed E-state index contributed by atoms with van der Waals surface area (Å²) in [7, 11) is 0. The average molecular weight is 495 g/mol. The second kappa shape index (κ2) is 8.89. The van der Waals surface area contributed by atoms with Crippen molar-refractivity contribution in [1.82, 2.24) is 19.9 Å². The topological polar surface area (TPSA) is 85.8 Å². The summed E-state index contributed by atoms with van der Waals surface area (Å²) in [5.74, 6) is -0.355. The molecule has 1 aromatic carbocycles. The lowest BCUT2D eigenvalue weighted by molar-refractivity contribution is -0.143. The van der Waals surface area contributed by atoms with Gasteiger partial charge in [0.15, 0.2) is 11.5 Å². The van der Waals surface area contributed by atoms with Gasteiger partial charge in [-0.3, -0.25) is 14.5 Å². The predicted octanol–water partition coefficient (Wildman–Crippen LogP) is 5.58. The molecule has 0 fully saturated rings. The average Bonchev–Trinajstić information content (AvgIpc) is 3.39. The highest BCUT2D eigenvalue weighted by Crippen LogP contribution is 2.37. The van der Waals surface area contributed by atoms with Crippen molar-refractivity contribution in [3.8, 4) is 11.5 Å². The van der Waals surface area contributed by atoms with Crippen LogP contribution in [0.15, 0.2) is 59.5 Å². The maximum absolute atomic E-state index is 13.4. The van der Waals surface area contributed by atoms with E-state index in [-0.39, 0.29) is 17.4 Å². The quantitative estimate of drug-likeness (QED) is 0.366. The van der Waals surface area contributed by atoms with Gasteiger partial charge in [-0.25, -0.2) is 0 Å². The van der Waals surface area contributed by atoms with Crippen LogP contribution in [0.4, 0.5) is 32.0 Å². The number of aromatic nitrogens is 4. The van der Waals surface area contributed by atoms with Gasteiger partial charge in [-0.15, -0.1) is 0 Å². The molecule has 0 atom stereocenters. The first kappa shape index (κ1) is 24.0. The molecule has 4 aromatic rings. The molecule has 13 heteroatoms. The summed E-state index contributed by atoms with van der Waals surface area (Å²) in [5, 5.41) is 10.2. The summed E-state index contributed by atoms with van der Waals surface area (Å²) in [6.07, 6.45) is -5.95. The van der Waals surface area contributed by atoms with Crippen LogP contribution in [0.1, 0.15) is 32.7 Å². The molecule has 0 aliphatic carbocycles. The zero-order valence-corrected chi connectivity index (χ0v) is 17.8. The molecule has 0 saturated heterocycles. The zero-order valence-electron chi connectivity index (χ0n) is 17.8. The number of nitrogens with zero attached hydrogens (tertiary/aromatic N) is 4. The fourth-order valence-electron chi connectivity index (χ4n) is 3.32. The fraction of sp³-hybridized carbons (Fsp3) is 0.182. The lowest BCUT2D eigenvalue weighted by atomic mass is 10.0. The summed E-state index contributed by atoms with van der Waals surface area (Å²) in [6.45, 7) is 1.14. The lowest BCUT2D eigenvalue weighted by Gasteiger charge is -2.16. The SMILES string of the molecule is Cc1c(C(=O)Nc2cnn(Cc3ccc(C(F)(F)F)cc3C(F)(F)F)c2)noc1-c1ccccn1. The van der Waals surface area contributed by atoms with E-state index in [2.05, 4.69) is 20.6 Å². The Labute approximate surface area is 193 Å². The molecule has 0 radical (unpaired) electrons. The maximum Gasteiger partial charge on any atom is 0.416 e. The third-order valence-corrected chi connectivity index (χ3v) is 5.00. The van der Waals surface area contributed by atoms with Gasteiger partial charge in [-0.2, -0.15) is 31.4 Å². The van der Waals surface area contributed by atoms with E-state index in [4.69, 9.17) is 4.52 Å². The largest absolute Gasteiger partial charge is 0.416 e. The minimum absolute atomic E-state index is 0.0273. The van der Waals surface area contributed by atoms with Gasteiger partial charge in [-0.1, -0.05) is 17.3 Å². The van der Waals surface area contributed by atoms with Gasteiger partial charge in [0.1, 0.15) is 5.69 Å². The van der Waals surface area contributed by atoms with Crippen LogP contribution >= 0.6 is 0 Å². The number of carbonyl (C=O) groups is 1. The third kappa shape index (κ3) is 5.18. The van der Waals surface area contributed by atoms with Crippen LogP contribution in [0.2, 0.25) is 0 Å². The Hall–Kier alpha value is -4.16. The monoisotopic (exact) mass is 495 g/mol. The number of carbonyl (C=O) groups excluding carboxylic acids is 1. The molecular weight excluding hydrogens is 480 g/mol. The summed E-state index contributed by atoms with van der Waals surface area (Å²) < 4.78 is 85.0. The van der Waals surface area contributed by atoms with E-state index in [9.17, 15) is 31.1 Å². The van der Waals surface area contributed by atoms with E-state index in [0.717, 1.165) is 10.7 Å². The number of hydrogen-bond acceptors (Lipinski definition) is 5. The number of amides is 1. The third-order valence-electron chi connectivity index (χ3n) is 5.00. The minimum Gasteiger partial charge on any atom is -0.354 e. The standard InChI is InChI=1S/C22H15F6N5O2/c1-12-18(32-35-19(12)17-4-2-3-7-29-17)20(34)31-15-9-30-33(11-15)10-13-5-6-14(21(23,24)25)8-16(13)22(26,27)28/h2-9,11H,10H2,1H3,(H,31,34). The number of hydrogen-bond donors (Lipinski definition) is 1. The molecule has 0 spiro atoms. The minimum atomic E-state index is -5.00. The van der Waals surface area contributed by atoms with Crippen molar-refractivity contribution in [3.63, 3.8) is 0 Å². The number of alkyl halides is 6. The number of pyridine rings is 1. The van der Waals surface area contributed by atoms with Gasteiger partial charge in [0, 0.05) is 18.0 Å². The number of benzene rings is 1. The van der Waals surface area contributed by atoms with Crippen molar-refractivity contribution in [2.75, 3.05) is 5.32 Å². The van der Waals surface area contributed by atoms with Crippen molar-refractivity contribution in [1.29, 1.82) is 0 Å². The van der Waals surface area contributed by atoms with Crippen LogP contribution in [-0.2, 0) is 18.9 Å². The number of nitrogens with one attached hydrogen (secondary N) is 1. The van der Waals surface area contributed by atoms with Crippen molar-refractivity contribution in [2.45, 2.75) is 25.8 Å². The van der Waals surface area contributed by atoms with Gasteiger partial charge in [0.2, 0.25) is 0 Å². The van der Waals surface area contributed by atoms with Crippen molar-refractivity contribution >= 4 is 11.6 Å². The van der Waals surface area contributed by atoms with Crippen molar-refractivity contribution in [3.05, 3.63) is 82.9 Å². The summed E-state index contributed by atoms with van der Waals surface area (Å²) in [4.78, 5) is 16.7. The van der Waals surface area contributed by atoms with Crippen molar-refractivity contribution < 1.29 is 35.7 Å². The molecule has 0 aliphatic rings. The molecule has 7 nitrogen and oxygen atoms in total. The molecule has 35 heavy (non-hydrogen) atoms. The van der Waals surface area contributed by atoms with Crippen LogP contribution in [0, 0.1) is 6.92 Å². The van der Waals surface area contributed by atoms with E-state index in [1.807, 2.05) is 0 Å². The Morgan fingerprint density at radius 1 is 1.09 bits per heavy atom. The lowest BCUT2D eigenvalue weighted by Crippen LogP contribution is -2.15. The molecule has 0 bridgehead atoms. The predicted molar refractivity (Wildman–Crippen MR) is 110 cm³/mol. The van der Waals surface area contributed by atoms with E-state index in [1.54, 1.807) is 31.3 Å². The van der Waals surface area contributed by atoms with Crippen LogP contribution in [0.5, 0.6) is 0 Å². The molecule has 0 saturated carbocycles. The Morgan fingerprint density at radius 2 is 1.86 bits per heavy atom. The van der Waals surface area contributed by atoms with Crippen LogP contribution in [0.25, 0.3) is 11.5 Å². The Balaban J connectivity index is 1.52. The number of halogens is 6. The molecule has 0 aliphatic heterocycles. The Morgan fingerprint density at radius 3 is 2.51 bits per heavy atom. The van der Waals surface area contributed by atoms with Gasteiger partial charge in [0.05, 0.1) is 29.6 Å². The first-order chi connectivity index (χ1) is 16.4. The van der Waals surface area contributed by atoms with Gasteiger partial charge >= 0.3 is 12.4 Å². The zero-order chi connectivity index (χ0) is 25.4. The molecule has 4 rings (SSSR count). The second-order valence-corrected chi connectivity index (χ2v) is 7.45. The van der Waals surface area contributed by atoms with E-state index in [0.29, 0.717) is 23.1 Å².